The Balaban J connectivity index is 1.66. The van der Waals surface area contributed by atoms with Gasteiger partial charge in [0.25, 0.3) is 0 Å². The first-order valence-corrected chi connectivity index (χ1v) is 10.9. The van der Waals surface area contributed by atoms with Crippen LogP contribution in [0.4, 0.5) is 0 Å². The summed E-state index contributed by atoms with van der Waals surface area (Å²) in [6.07, 6.45) is 1.94. The second-order valence-corrected chi connectivity index (χ2v) is 9.12. The summed E-state index contributed by atoms with van der Waals surface area (Å²) in [6.45, 7) is 5.28. The first-order valence-electron chi connectivity index (χ1n) is 8.55. The average Bonchev–Trinajstić information content (AvgIpc) is 3.22. The topological polar surface area (TPSA) is 90.3 Å². The lowest BCUT2D eigenvalue weighted by molar-refractivity contribution is -0.136. The molecule has 9 heteroatoms. The minimum Gasteiger partial charge on any atom is -0.405 e. The van der Waals surface area contributed by atoms with E-state index in [1.54, 1.807) is 17.5 Å². The lowest BCUT2D eigenvalue weighted by atomic mass is 10.2. The molecule has 0 saturated heterocycles. The number of sulfonamides is 1. The molecular formula is C19H21N3O4S2. The summed E-state index contributed by atoms with van der Waals surface area (Å²) in [7, 11) is -1.89. The maximum Gasteiger partial charge on any atom is 0.330 e. The van der Waals surface area contributed by atoms with E-state index in [1.165, 1.54) is 30.4 Å². The molecule has 0 aliphatic carbocycles. The van der Waals surface area contributed by atoms with Crippen molar-refractivity contribution in [3.8, 4) is 16.5 Å². The number of benzene rings is 1. The molecule has 0 unspecified atom stereocenters. The molecule has 7 nitrogen and oxygen atoms in total. The largest absolute Gasteiger partial charge is 0.405 e. The van der Waals surface area contributed by atoms with Gasteiger partial charge in [-0.1, -0.05) is 17.7 Å². The molecule has 148 valence electrons. The van der Waals surface area contributed by atoms with Crippen LogP contribution in [-0.4, -0.2) is 30.0 Å². The summed E-state index contributed by atoms with van der Waals surface area (Å²) in [5.41, 5.74) is 2.96. The van der Waals surface area contributed by atoms with Crippen LogP contribution in [0, 0.1) is 13.8 Å². The first-order chi connectivity index (χ1) is 13.2. The van der Waals surface area contributed by atoms with E-state index in [0.717, 1.165) is 21.8 Å². The van der Waals surface area contributed by atoms with Crippen molar-refractivity contribution in [2.45, 2.75) is 31.7 Å². The fraction of sp³-hybridized carbons (Fsp3) is 0.263. The van der Waals surface area contributed by atoms with Gasteiger partial charge in [-0.2, -0.15) is 4.72 Å². The Bertz CT molecular complexity index is 1080. The molecule has 0 bridgehead atoms. The van der Waals surface area contributed by atoms with Crippen molar-refractivity contribution in [3.05, 3.63) is 53.2 Å². The Labute approximate surface area is 168 Å². The van der Waals surface area contributed by atoms with Crippen LogP contribution in [0.25, 0.3) is 10.6 Å². The second-order valence-electron chi connectivity index (χ2n) is 6.55. The molecule has 3 aromatic rings. The number of ether oxygens (including phenoxy) is 1. The number of nitrogens with zero attached hydrogens (tertiary/aromatic N) is 2. The summed E-state index contributed by atoms with van der Waals surface area (Å²) in [4.78, 5) is 16.7. The number of aryl methyl sites for hydroxylation is 3. The molecule has 28 heavy (non-hydrogen) atoms. The Hall–Kier alpha value is -2.49. The van der Waals surface area contributed by atoms with Crippen molar-refractivity contribution in [1.29, 1.82) is 0 Å². The third-order valence-corrected chi connectivity index (χ3v) is 6.63. The Kier molecular flexibility index (Phi) is 5.69. The molecular weight excluding hydrogens is 398 g/mol. The molecule has 1 aromatic carbocycles. The highest BCUT2D eigenvalue weighted by molar-refractivity contribution is 7.89. The number of carbonyl (C=O) groups is 1. The normalized spacial score (nSPS) is 12.7. The van der Waals surface area contributed by atoms with Crippen molar-refractivity contribution in [2.75, 3.05) is 0 Å². The Morgan fingerprint density at radius 2 is 1.93 bits per heavy atom. The lowest BCUT2D eigenvalue weighted by Gasteiger charge is -2.12. The number of thiazole rings is 1. The van der Waals surface area contributed by atoms with E-state index in [9.17, 15) is 13.2 Å². The highest BCUT2D eigenvalue weighted by Gasteiger charge is 2.24. The van der Waals surface area contributed by atoms with E-state index >= 15 is 0 Å². The SMILES string of the molecule is Cc1ccc(S(=O)(=O)N[C@@H](C)C(=O)Oc2csc(-c3cc(C)n(C)c3)n2)cc1. The molecule has 0 aliphatic rings. The molecule has 0 aliphatic heterocycles. The zero-order valence-corrected chi connectivity index (χ0v) is 17.6. The van der Waals surface area contributed by atoms with Gasteiger partial charge in [-0.3, -0.25) is 0 Å². The van der Waals surface area contributed by atoms with Crippen LogP contribution in [0.5, 0.6) is 5.88 Å². The molecule has 0 saturated carbocycles. The number of esters is 1. The molecule has 0 spiro atoms. The van der Waals surface area contributed by atoms with Gasteiger partial charge >= 0.3 is 5.97 Å². The van der Waals surface area contributed by atoms with Gasteiger partial charge in [0.05, 0.1) is 10.3 Å². The summed E-state index contributed by atoms with van der Waals surface area (Å²) in [6, 6.07) is 7.30. The number of nitrogens with one attached hydrogen (secondary N) is 1. The van der Waals surface area contributed by atoms with E-state index < -0.39 is 22.0 Å². The van der Waals surface area contributed by atoms with E-state index in [0.29, 0.717) is 0 Å². The Morgan fingerprint density at radius 1 is 1.25 bits per heavy atom. The fourth-order valence-electron chi connectivity index (χ4n) is 2.49. The van der Waals surface area contributed by atoms with Crippen LogP contribution in [0.3, 0.4) is 0 Å². The predicted molar refractivity (Wildman–Crippen MR) is 108 cm³/mol. The van der Waals surface area contributed by atoms with Crippen LogP contribution in [0.15, 0.2) is 46.8 Å². The van der Waals surface area contributed by atoms with Crippen LogP contribution >= 0.6 is 11.3 Å². The molecule has 0 radical (unpaired) electrons. The maximum atomic E-state index is 12.4. The van der Waals surface area contributed by atoms with Crippen LogP contribution < -0.4 is 9.46 Å². The summed E-state index contributed by atoms with van der Waals surface area (Å²) in [5, 5.41) is 2.34. The van der Waals surface area contributed by atoms with Gasteiger partial charge in [0.2, 0.25) is 15.9 Å². The maximum absolute atomic E-state index is 12.4. The van der Waals surface area contributed by atoms with E-state index in [4.69, 9.17) is 4.74 Å². The van der Waals surface area contributed by atoms with Crippen molar-refractivity contribution in [3.63, 3.8) is 0 Å². The van der Waals surface area contributed by atoms with Crippen LogP contribution in [0.2, 0.25) is 0 Å². The molecule has 0 amide bonds. The summed E-state index contributed by atoms with van der Waals surface area (Å²) in [5.74, 6) is -0.579. The highest BCUT2D eigenvalue weighted by atomic mass is 32.2. The fourth-order valence-corrected chi connectivity index (χ4v) is 4.38. The van der Waals surface area contributed by atoms with Gasteiger partial charge in [-0.05, 0) is 39.0 Å². The number of hydrogen-bond donors (Lipinski definition) is 1. The molecule has 0 fully saturated rings. The summed E-state index contributed by atoms with van der Waals surface area (Å²) < 4.78 is 34.3. The standard InChI is InChI=1S/C19H21N3O4S2/c1-12-5-7-16(8-6-12)28(24,25)21-14(3)19(23)26-17-11-27-18(20-17)15-9-13(2)22(4)10-15/h5-11,14,21H,1-4H3/t14-/m0/s1. The number of carbonyl (C=O) groups excluding carboxylic acids is 1. The third kappa shape index (κ3) is 4.49. The van der Waals surface area contributed by atoms with Gasteiger partial charge in [0.1, 0.15) is 11.0 Å². The quantitative estimate of drug-likeness (QED) is 0.620. The van der Waals surface area contributed by atoms with Gasteiger partial charge in [0, 0.05) is 24.5 Å². The first kappa shape index (κ1) is 20.2. The number of aromatic nitrogens is 2. The highest BCUT2D eigenvalue weighted by Crippen LogP contribution is 2.28. The number of hydrogen-bond acceptors (Lipinski definition) is 6. The van der Waals surface area contributed by atoms with Crippen molar-refractivity contribution < 1.29 is 17.9 Å². The van der Waals surface area contributed by atoms with Gasteiger partial charge in [-0.15, -0.1) is 11.3 Å². The van der Waals surface area contributed by atoms with E-state index in [2.05, 4.69) is 9.71 Å². The van der Waals surface area contributed by atoms with Gasteiger partial charge in [-0.25, -0.2) is 18.2 Å². The molecule has 2 heterocycles. The smallest absolute Gasteiger partial charge is 0.330 e. The van der Waals surface area contributed by atoms with Crippen LogP contribution in [-0.2, 0) is 21.9 Å². The minimum atomic E-state index is -3.82. The van der Waals surface area contributed by atoms with E-state index in [-0.39, 0.29) is 10.8 Å². The monoisotopic (exact) mass is 419 g/mol. The summed E-state index contributed by atoms with van der Waals surface area (Å²) >= 11 is 1.35. The Morgan fingerprint density at radius 3 is 2.54 bits per heavy atom. The minimum absolute atomic E-state index is 0.0909. The van der Waals surface area contributed by atoms with Crippen molar-refractivity contribution >= 4 is 27.3 Å². The lowest BCUT2D eigenvalue weighted by Crippen LogP contribution is -2.40. The van der Waals surface area contributed by atoms with Gasteiger partial charge < -0.3 is 9.30 Å². The molecule has 1 atom stereocenters. The van der Waals surface area contributed by atoms with Crippen molar-refractivity contribution in [2.24, 2.45) is 7.05 Å². The van der Waals surface area contributed by atoms with Crippen LogP contribution in [0.1, 0.15) is 18.2 Å². The molecule has 3 rings (SSSR count). The zero-order chi connectivity index (χ0) is 20.5. The molecule has 2 aromatic heterocycles. The molecule has 1 N–H and O–H groups in total. The van der Waals surface area contributed by atoms with Crippen molar-refractivity contribution in [1.82, 2.24) is 14.3 Å². The van der Waals surface area contributed by atoms with E-state index in [1.807, 2.05) is 37.7 Å². The average molecular weight is 420 g/mol. The van der Waals surface area contributed by atoms with Gasteiger partial charge in [0.15, 0.2) is 0 Å². The number of rotatable bonds is 6. The predicted octanol–water partition coefficient (Wildman–Crippen LogP) is 3.04. The third-order valence-electron chi connectivity index (χ3n) is 4.21. The second kappa shape index (κ2) is 7.86. The zero-order valence-electron chi connectivity index (χ0n) is 16.0.